The predicted octanol–water partition coefficient (Wildman–Crippen LogP) is 2.13. The molecule has 0 aliphatic carbocycles. The Labute approximate surface area is 174 Å². The molecule has 0 radical (unpaired) electrons. The molecule has 1 atom stereocenters. The number of aliphatic imine (C=N–C) groups is 1. The predicted molar refractivity (Wildman–Crippen MR) is 114 cm³/mol. The highest BCUT2D eigenvalue weighted by Crippen LogP contribution is 2.23. The number of rotatable bonds is 8. The number of carbonyl (C=O) groups is 1. The van der Waals surface area contributed by atoms with E-state index in [1.165, 1.54) is 19.3 Å². The van der Waals surface area contributed by atoms with E-state index in [9.17, 15) is 13.2 Å². The number of sulfonamides is 1. The Morgan fingerprint density at radius 1 is 1.21 bits per heavy atom. The average Bonchev–Trinajstić information content (AvgIpc) is 2.95. The van der Waals surface area contributed by atoms with Crippen LogP contribution in [0.4, 0.5) is 0 Å². The first kappa shape index (κ1) is 21.8. The van der Waals surface area contributed by atoms with Crippen molar-refractivity contribution in [2.24, 2.45) is 10.9 Å². The highest BCUT2D eigenvalue weighted by atomic mass is 32.2. The number of amides is 1. The van der Waals surface area contributed by atoms with Crippen molar-refractivity contribution in [1.29, 1.82) is 0 Å². The normalized spacial score (nSPS) is 21.0. The van der Waals surface area contributed by atoms with Gasteiger partial charge in [0.2, 0.25) is 5.91 Å². The van der Waals surface area contributed by atoms with Crippen LogP contribution >= 0.6 is 0 Å². The van der Waals surface area contributed by atoms with E-state index in [4.69, 9.17) is 0 Å². The van der Waals surface area contributed by atoms with Crippen molar-refractivity contribution in [3.05, 3.63) is 29.8 Å². The maximum atomic E-state index is 12.8. The van der Waals surface area contributed by atoms with Crippen LogP contribution in [0.25, 0.3) is 0 Å². The van der Waals surface area contributed by atoms with Crippen molar-refractivity contribution in [2.45, 2.75) is 56.9 Å². The summed E-state index contributed by atoms with van der Waals surface area (Å²) in [4.78, 5) is 20.0. The fourth-order valence-electron chi connectivity index (χ4n) is 3.87. The molecule has 1 saturated heterocycles. The van der Waals surface area contributed by atoms with Crippen LogP contribution in [0.3, 0.4) is 0 Å². The molecule has 0 aromatic heterocycles. The molecule has 1 amide bonds. The molecule has 2 aliphatic rings. The lowest BCUT2D eigenvalue weighted by Gasteiger charge is -2.26. The molecule has 7 nitrogen and oxygen atoms in total. The van der Waals surface area contributed by atoms with Crippen LogP contribution < -0.4 is 10.0 Å². The van der Waals surface area contributed by atoms with Crippen LogP contribution in [0.2, 0.25) is 0 Å². The molecule has 29 heavy (non-hydrogen) atoms. The molecule has 0 bridgehead atoms. The Morgan fingerprint density at radius 2 is 1.93 bits per heavy atom. The number of carbonyl (C=O) groups excluding carboxylic acids is 1. The SMILES string of the molecule is CC(C)CC(N=C1NS(=O)(=O)c2ccccc21)C(=O)NCCCN1CCCCC1. The highest BCUT2D eigenvalue weighted by molar-refractivity contribution is 7.90. The largest absolute Gasteiger partial charge is 0.354 e. The van der Waals surface area contributed by atoms with Gasteiger partial charge in [-0.1, -0.05) is 32.4 Å². The van der Waals surface area contributed by atoms with Gasteiger partial charge in [-0.15, -0.1) is 0 Å². The second kappa shape index (κ2) is 9.71. The molecule has 2 heterocycles. The minimum atomic E-state index is -3.61. The van der Waals surface area contributed by atoms with Gasteiger partial charge in [0.15, 0.2) is 0 Å². The van der Waals surface area contributed by atoms with Gasteiger partial charge >= 0.3 is 0 Å². The summed E-state index contributed by atoms with van der Waals surface area (Å²) in [5.74, 6) is 0.375. The molecule has 2 aliphatic heterocycles. The van der Waals surface area contributed by atoms with E-state index in [0.29, 0.717) is 18.5 Å². The van der Waals surface area contributed by atoms with E-state index in [2.05, 4.69) is 19.9 Å². The minimum absolute atomic E-state index is 0.145. The summed E-state index contributed by atoms with van der Waals surface area (Å²) < 4.78 is 27.1. The van der Waals surface area contributed by atoms with Crippen molar-refractivity contribution in [2.75, 3.05) is 26.2 Å². The van der Waals surface area contributed by atoms with Gasteiger partial charge < -0.3 is 10.2 Å². The number of hydrogen-bond donors (Lipinski definition) is 2. The van der Waals surface area contributed by atoms with E-state index < -0.39 is 16.1 Å². The third kappa shape index (κ3) is 5.79. The number of piperidine rings is 1. The average molecular weight is 421 g/mol. The standard InChI is InChI=1S/C21H32N4O3S/c1-16(2)15-18(21(26)22-11-8-14-25-12-6-3-7-13-25)23-20-17-9-4-5-10-19(17)29(27,28)24-20/h4-5,9-10,16,18H,3,6-8,11-15H2,1-2H3,(H,22,26)(H,23,24). The summed E-state index contributed by atoms with van der Waals surface area (Å²) in [6.07, 6.45) is 5.31. The van der Waals surface area contributed by atoms with Crippen LogP contribution in [-0.4, -0.2) is 57.3 Å². The van der Waals surface area contributed by atoms with E-state index >= 15 is 0 Å². The third-order valence-electron chi connectivity index (χ3n) is 5.34. The van der Waals surface area contributed by atoms with Gasteiger partial charge in [-0.05, 0) is 63.4 Å². The first-order chi connectivity index (χ1) is 13.9. The van der Waals surface area contributed by atoms with Crippen LogP contribution in [0, 0.1) is 5.92 Å². The number of fused-ring (bicyclic) bond motifs is 1. The molecule has 0 spiro atoms. The monoisotopic (exact) mass is 420 g/mol. The third-order valence-corrected chi connectivity index (χ3v) is 6.74. The van der Waals surface area contributed by atoms with Gasteiger partial charge in [-0.3, -0.25) is 14.5 Å². The van der Waals surface area contributed by atoms with Crippen LogP contribution in [0.15, 0.2) is 34.2 Å². The van der Waals surface area contributed by atoms with E-state index in [0.717, 1.165) is 26.1 Å². The van der Waals surface area contributed by atoms with Gasteiger partial charge in [-0.25, -0.2) is 8.42 Å². The Morgan fingerprint density at radius 3 is 2.66 bits per heavy atom. The lowest BCUT2D eigenvalue weighted by Crippen LogP contribution is -2.38. The maximum Gasteiger partial charge on any atom is 0.263 e. The van der Waals surface area contributed by atoms with Gasteiger partial charge in [0.1, 0.15) is 11.9 Å². The zero-order valence-corrected chi connectivity index (χ0v) is 18.2. The lowest BCUT2D eigenvalue weighted by molar-refractivity contribution is -0.122. The second-order valence-electron chi connectivity index (χ2n) is 8.27. The summed E-state index contributed by atoms with van der Waals surface area (Å²) >= 11 is 0. The van der Waals surface area contributed by atoms with Crippen LogP contribution in [-0.2, 0) is 14.8 Å². The van der Waals surface area contributed by atoms with Gasteiger partial charge in [0.25, 0.3) is 10.0 Å². The first-order valence-corrected chi connectivity index (χ1v) is 12.1. The first-order valence-electron chi connectivity index (χ1n) is 10.6. The van der Waals surface area contributed by atoms with Gasteiger partial charge in [-0.2, -0.15) is 0 Å². The molecule has 3 rings (SSSR count). The number of benzene rings is 1. The van der Waals surface area contributed by atoms with E-state index in [1.54, 1.807) is 24.3 Å². The summed E-state index contributed by atoms with van der Waals surface area (Å²) in [7, 11) is -3.61. The Kier molecular flexibility index (Phi) is 7.29. The van der Waals surface area contributed by atoms with E-state index in [-0.39, 0.29) is 22.6 Å². The number of hydrogen-bond acceptors (Lipinski definition) is 5. The topological polar surface area (TPSA) is 90.9 Å². The van der Waals surface area contributed by atoms with Gasteiger partial charge in [0, 0.05) is 12.1 Å². The molecular weight excluding hydrogens is 388 g/mol. The highest BCUT2D eigenvalue weighted by Gasteiger charge is 2.32. The number of nitrogens with one attached hydrogen (secondary N) is 2. The van der Waals surface area contributed by atoms with Crippen molar-refractivity contribution >= 4 is 21.8 Å². The zero-order valence-electron chi connectivity index (χ0n) is 17.4. The van der Waals surface area contributed by atoms with Crippen LogP contribution in [0.1, 0.15) is 51.5 Å². The maximum absolute atomic E-state index is 12.8. The molecule has 0 saturated carbocycles. The molecular formula is C21H32N4O3S. The molecule has 8 heteroatoms. The fourth-order valence-corrected chi connectivity index (χ4v) is 5.10. The molecule has 1 fully saturated rings. The molecule has 2 N–H and O–H groups in total. The Balaban J connectivity index is 1.63. The molecule has 160 valence electrons. The summed E-state index contributed by atoms with van der Waals surface area (Å²) in [5.41, 5.74) is 0.527. The summed E-state index contributed by atoms with van der Waals surface area (Å²) in [6, 6.07) is 6.11. The second-order valence-corrected chi connectivity index (χ2v) is 9.92. The van der Waals surface area contributed by atoms with E-state index in [1.807, 2.05) is 13.8 Å². The van der Waals surface area contributed by atoms with Crippen molar-refractivity contribution < 1.29 is 13.2 Å². The Hall–Kier alpha value is -1.93. The zero-order chi connectivity index (χ0) is 20.9. The Bertz CT molecular complexity index is 845. The smallest absolute Gasteiger partial charge is 0.263 e. The quantitative estimate of drug-likeness (QED) is 0.631. The molecule has 1 aromatic carbocycles. The molecule has 1 unspecified atom stereocenters. The number of nitrogens with zero attached hydrogens (tertiary/aromatic N) is 2. The fraction of sp³-hybridized carbons (Fsp3) is 0.619. The van der Waals surface area contributed by atoms with Gasteiger partial charge in [0.05, 0.1) is 4.90 Å². The van der Waals surface area contributed by atoms with Crippen molar-refractivity contribution in [1.82, 2.24) is 14.9 Å². The molecule has 1 aromatic rings. The number of amidine groups is 1. The van der Waals surface area contributed by atoms with Crippen molar-refractivity contribution in [3.63, 3.8) is 0 Å². The minimum Gasteiger partial charge on any atom is -0.354 e. The summed E-state index contributed by atoms with van der Waals surface area (Å²) in [5, 5.41) is 3.00. The summed E-state index contributed by atoms with van der Waals surface area (Å²) in [6.45, 7) is 7.97. The number of likely N-dealkylation sites (tertiary alicyclic amines) is 1. The lowest BCUT2D eigenvalue weighted by atomic mass is 10.0. The van der Waals surface area contributed by atoms with Crippen LogP contribution in [0.5, 0.6) is 0 Å². The van der Waals surface area contributed by atoms with Crippen molar-refractivity contribution in [3.8, 4) is 0 Å².